The number of carbonyl (C=O) groups is 1. The van der Waals surface area contributed by atoms with Crippen LogP contribution in [0.4, 0.5) is 11.4 Å². The van der Waals surface area contributed by atoms with Gasteiger partial charge >= 0.3 is 0 Å². The van der Waals surface area contributed by atoms with E-state index in [2.05, 4.69) is 0 Å². The third-order valence-corrected chi connectivity index (χ3v) is 3.23. The molecule has 2 rings (SSSR count). The fraction of sp³-hybridized carbons (Fsp3) is 0.364. The Labute approximate surface area is 108 Å². The molecule has 18 heavy (non-hydrogen) atoms. The van der Waals surface area contributed by atoms with Crippen LogP contribution in [-0.4, -0.2) is 23.9 Å². The first-order chi connectivity index (χ1) is 8.50. The predicted octanol–water partition coefficient (Wildman–Crippen LogP) is 1.95. The molecule has 7 heteroatoms. The van der Waals surface area contributed by atoms with E-state index >= 15 is 0 Å². The summed E-state index contributed by atoms with van der Waals surface area (Å²) in [4.78, 5) is 23.5. The third-order valence-electron chi connectivity index (χ3n) is 2.95. The fourth-order valence-corrected chi connectivity index (χ4v) is 2.45. The zero-order valence-corrected chi connectivity index (χ0v) is 10.3. The van der Waals surface area contributed by atoms with Crippen molar-refractivity contribution in [2.24, 2.45) is 5.73 Å². The van der Waals surface area contributed by atoms with E-state index in [1.54, 1.807) is 0 Å². The molecule has 1 aliphatic rings. The first-order valence-electron chi connectivity index (χ1n) is 5.53. The lowest BCUT2D eigenvalue weighted by Gasteiger charge is -2.19. The summed E-state index contributed by atoms with van der Waals surface area (Å²) in [5, 5.41) is 11.3. The van der Waals surface area contributed by atoms with Crippen LogP contribution in [0.25, 0.3) is 0 Å². The van der Waals surface area contributed by atoms with Crippen molar-refractivity contribution in [3.05, 3.63) is 32.8 Å². The van der Waals surface area contributed by atoms with Gasteiger partial charge in [-0.1, -0.05) is 11.6 Å². The minimum Gasteiger partial charge on any atom is -0.366 e. The van der Waals surface area contributed by atoms with Crippen molar-refractivity contribution in [3.63, 3.8) is 0 Å². The summed E-state index contributed by atoms with van der Waals surface area (Å²) in [5.74, 6) is -0.729. The van der Waals surface area contributed by atoms with Crippen molar-refractivity contribution in [3.8, 4) is 0 Å². The van der Waals surface area contributed by atoms with Crippen LogP contribution < -0.4 is 10.6 Å². The molecule has 2 N–H and O–H groups in total. The summed E-state index contributed by atoms with van der Waals surface area (Å²) in [5.41, 5.74) is 5.38. The Balaban J connectivity index is 2.56. The first kappa shape index (κ1) is 12.6. The lowest BCUT2D eigenvalue weighted by atomic mass is 10.1. The molecule has 0 unspecified atom stereocenters. The van der Waals surface area contributed by atoms with Crippen LogP contribution in [0.1, 0.15) is 23.2 Å². The van der Waals surface area contributed by atoms with E-state index in [0.29, 0.717) is 5.69 Å². The molecule has 1 heterocycles. The van der Waals surface area contributed by atoms with Gasteiger partial charge in [0.1, 0.15) is 5.69 Å². The van der Waals surface area contributed by atoms with E-state index in [0.717, 1.165) is 25.9 Å². The molecule has 1 saturated heterocycles. The maximum Gasteiger partial charge on any atom is 0.294 e. The quantitative estimate of drug-likeness (QED) is 0.671. The number of primary amides is 1. The monoisotopic (exact) mass is 269 g/mol. The van der Waals surface area contributed by atoms with Crippen LogP contribution in [0.5, 0.6) is 0 Å². The number of nitro groups is 1. The van der Waals surface area contributed by atoms with Crippen molar-refractivity contribution >= 4 is 28.9 Å². The summed E-state index contributed by atoms with van der Waals surface area (Å²) < 4.78 is 0. The smallest absolute Gasteiger partial charge is 0.294 e. The van der Waals surface area contributed by atoms with E-state index in [1.807, 2.05) is 4.90 Å². The van der Waals surface area contributed by atoms with Gasteiger partial charge in [0.2, 0.25) is 5.91 Å². The van der Waals surface area contributed by atoms with Crippen LogP contribution in [0.3, 0.4) is 0 Å². The van der Waals surface area contributed by atoms with Crippen molar-refractivity contribution < 1.29 is 9.72 Å². The van der Waals surface area contributed by atoms with Crippen LogP contribution in [-0.2, 0) is 0 Å². The molecule has 1 fully saturated rings. The third kappa shape index (κ3) is 2.24. The van der Waals surface area contributed by atoms with Gasteiger partial charge in [-0.2, -0.15) is 0 Å². The summed E-state index contributed by atoms with van der Waals surface area (Å²) in [6, 6.07) is 2.56. The molecule has 96 valence electrons. The maximum absolute atomic E-state index is 11.1. The van der Waals surface area contributed by atoms with E-state index in [1.165, 1.54) is 12.1 Å². The average molecular weight is 270 g/mol. The second-order valence-corrected chi connectivity index (χ2v) is 4.55. The molecule has 0 atom stereocenters. The lowest BCUT2D eigenvalue weighted by molar-refractivity contribution is -0.384. The Hall–Kier alpha value is -1.82. The Kier molecular flexibility index (Phi) is 3.38. The van der Waals surface area contributed by atoms with Crippen molar-refractivity contribution in [1.82, 2.24) is 0 Å². The first-order valence-corrected chi connectivity index (χ1v) is 5.91. The number of nitrogens with zero attached hydrogens (tertiary/aromatic N) is 2. The van der Waals surface area contributed by atoms with Crippen molar-refractivity contribution in [1.29, 1.82) is 0 Å². The highest BCUT2D eigenvalue weighted by atomic mass is 35.5. The van der Waals surface area contributed by atoms with Gasteiger partial charge in [0, 0.05) is 24.7 Å². The van der Waals surface area contributed by atoms with E-state index in [4.69, 9.17) is 17.3 Å². The van der Waals surface area contributed by atoms with Crippen LogP contribution in [0.15, 0.2) is 12.1 Å². The van der Waals surface area contributed by atoms with Crippen LogP contribution in [0.2, 0.25) is 5.02 Å². The highest BCUT2D eigenvalue weighted by Crippen LogP contribution is 2.38. The number of amides is 1. The van der Waals surface area contributed by atoms with Gasteiger partial charge in [0.05, 0.1) is 9.95 Å². The number of carbonyl (C=O) groups excluding carboxylic acids is 1. The Morgan fingerprint density at radius 1 is 1.39 bits per heavy atom. The van der Waals surface area contributed by atoms with Gasteiger partial charge in [-0.3, -0.25) is 14.9 Å². The Morgan fingerprint density at radius 3 is 2.50 bits per heavy atom. The van der Waals surface area contributed by atoms with Crippen LogP contribution >= 0.6 is 11.6 Å². The van der Waals surface area contributed by atoms with Crippen molar-refractivity contribution in [2.45, 2.75) is 12.8 Å². The Bertz CT molecular complexity index is 513. The second-order valence-electron chi connectivity index (χ2n) is 4.14. The number of nitrogens with two attached hydrogens (primary N) is 1. The van der Waals surface area contributed by atoms with Gasteiger partial charge in [0.25, 0.3) is 5.69 Å². The molecule has 6 nitrogen and oxygen atoms in total. The van der Waals surface area contributed by atoms with E-state index < -0.39 is 10.8 Å². The zero-order valence-electron chi connectivity index (χ0n) is 9.56. The number of hydrogen-bond acceptors (Lipinski definition) is 4. The SMILES string of the molecule is NC(=O)c1cc(Cl)c(N2CCCC2)c([N+](=O)[O-])c1. The molecule has 0 saturated carbocycles. The second kappa shape index (κ2) is 4.81. The van der Waals surface area contributed by atoms with Crippen LogP contribution in [0, 0.1) is 10.1 Å². The molecule has 0 bridgehead atoms. The standard InChI is InChI=1S/C11H12ClN3O3/c12-8-5-7(11(13)16)6-9(15(17)18)10(8)14-3-1-2-4-14/h5-6H,1-4H2,(H2,13,16). The molecule has 1 amide bonds. The van der Waals surface area contributed by atoms with Gasteiger partial charge in [0.15, 0.2) is 0 Å². The summed E-state index contributed by atoms with van der Waals surface area (Å²) in [6.45, 7) is 1.47. The number of halogens is 1. The Morgan fingerprint density at radius 2 is 2.00 bits per heavy atom. The van der Waals surface area contributed by atoms with Gasteiger partial charge in [-0.05, 0) is 18.9 Å². The highest BCUT2D eigenvalue weighted by Gasteiger charge is 2.26. The predicted molar refractivity (Wildman–Crippen MR) is 68.1 cm³/mol. The number of benzene rings is 1. The number of anilines is 1. The summed E-state index contributed by atoms with van der Waals surface area (Å²) >= 11 is 6.05. The normalized spacial score (nSPS) is 14.8. The number of hydrogen-bond donors (Lipinski definition) is 1. The van der Waals surface area contributed by atoms with E-state index in [9.17, 15) is 14.9 Å². The number of rotatable bonds is 3. The van der Waals surface area contributed by atoms with Gasteiger partial charge < -0.3 is 10.6 Å². The lowest BCUT2D eigenvalue weighted by Crippen LogP contribution is -2.20. The zero-order chi connectivity index (χ0) is 13.3. The van der Waals surface area contributed by atoms with Gasteiger partial charge in [-0.25, -0.2) is 0 Å². The van der Waals surface area contributed by atoms with E-state index in [-0.39, 0.29) is 16.3 Å². The molecule has 1 aromatic rings. The molecule has 0 radical (unpaired) electrons. The molecular weight excluding hydrogens is 258 g/mol. The fourth-order valence-electron chi connectivity index (χ4n) is 2.12. The largest absolute Gasteiger partial charge is 0.366 e. The summed E-state index contributed by atoms with van der Waals surface area (Å²) in [6.07, 6.45) is 1.95. The van der Waals surface area contributed by atoms with Crippen molar-refractivity contribution in [2.75, 3.05) is 18.0 Å². The molecule has 0 aliphatic carbocycles. The minimum absolute atomic E-state index is 0.0506. The van der Waals surface area contributed by atoms with Gasteiger partial charge in [-0.15, -0.1) is 0 Å². The summed E-state index contributed by atoms with van der Waals surface area (Å²) in [7, 11) is 0. The molecular formula is C11H12ClN3O3. The molecule has 1 aromatic carbocycles. The maximum atomic E-state index is 11.1. The minimum atomic E-state index is -0.729. The highest BCUT2D eigenvalue weighted by molar-refractivity contribution is 6.34. The molecule has 1 aliphatic heterocycles. The molecule has 0 spiro atoms. The topological polar surface area (TPSA) is 89.5 Å². The number of nitro benzene ring substituents is 1. The average Bonchev–Trinajstić information content (AvgIpc) is 2.80. The molecule has 0 aromatic heterocycles.